The van der Waals surface area contributed by atoms with E-state index in [1.807, 2.05) is 66.7 Å². The van der Waals surface area contributed by atoms with Crippen LogP contribution in [-0.4, -0.2) is 27.8 Å². The number of halogens is 1. The van der Waals surface area contributed by atoms with Gasteiger partial charge in [0.05, 0.1) is 12.8 Å². The van der Waals surface area contributed by atoms with E-state index in [-0.39, 0.29) is 11.7 Å². The molecule has 1 heterocycles. The smallest absolute Gasteiger partial charge is 0.291 e. The van der Waals surface area contributed by atoms with Gasteiger partial charge in [-0.3, -0.25) is 4.79 Å². The van der Waals surface area contributed by atoms with Crippen LogP contribution in [0.4, 0.5) is 0 Å². The quantitative estimate of drug-likeness (QED) is 0.499. The Kier molecular flexibility index (Phi) is 5.77. The van der Waals surface area contributed by atoms with Crippen molar-refractivity contribution < 1.29 is 9.53 Å². The fourth-order valence-corrected chi connectivity index (χ4v) is 3.08. The molecular weight excluding hydrogens is 400 g/mol. The van der Waals surface area contributed by atoms with Crippen LogP contribution < -0.4 is 10.1 Å². The van der Waals surface area contributed by atoms with E-state index in [1.165, 1.54) is 0 Å². The minimum Gasteiger partial charge on any atom is -0.497 e. The van der Waals surface area contributed by atoms with Crippen molar-refractivity contribution in [2.24, 2.45) is 0 Å². The van der Waals surface area contributed by atoms with Gasteiger partial charge in [0.2, 0.25) is 5.82 Å². The van der Waals surface area contributed by atoms with Crippen molar-refractivity contribution in [1.82, 2.24) is 20.1 Å². The summed E-state index contributed by atoms with van der Waals surface area (Å²) in [4.78, 5) is 17.2. The minimum absolute atomic E-state index is 0.0895. The summed E-state index contributed by atoms with van der Waals surface area (Å²) in [5.41, 5.74) is 2.55. The Morgan fingerprint density at radius 1 is 1.00 bits per heavy atom. The summed E-state index contributed by atoms with van der Waals surface area (Å²) in [5, 5.41) is 7.94. The summed E-state index contributed by atoms with van der Waals surface area (Å²) < 4.78 is 6.86. The van der Waals surface area contributed by atoms with E-state index in [1.54, 1.807) is 23.9 Å². The van der Waals surface area contributed by atoms with Gasteiger partial charge in [0.1, 0.15) is 5.75 Å². The molecule has 4 rings (SSSR count). The largest absolute Gasteiger partial charge is 0.497 e. The fraction of sp³-hybridized carbons (Fsp3) is 0.0870. The van der Waals surface area contributed by atoms with E-state index in [0.29, 0.717) is 17.4 Å². The van der Waals surface area contributed by atoms with Gasteiger partial charge in [0.15, 0.2) is 5.82 Å². The molecule has 0 saturated heterocycles. The summed E-state index contributed by atoms with van der Waals surface area (Å²) in [6, 6.07) is 24.3. The number of hydrogen-bond acceptors (Lipinski definition) is 4. The van der Waals surface area contributed by atoms with Crippen LogP contribution in [0.25, 0.3) is 17.1 Å². The predicted molar refractivity (Wildman–Crippen MR) is 116 cm³/mol. The molecule has 1 N–H and O–H groups in total. The van der Waals surface area contributed by atoms with Gasteiger partial charge in [-0.25, -0.2) is 9.67 Å². The highest BCUT2D eigenvalue weighted by atomic mass is 35.5. The lowest BCUT2D eigenvalue weighted by Gasteiger charge is -2.07. The Morgan fingerprint density at radius 2 is 1.70 bits per heavy atom. The van der Waals surface area contributed by atoms with Crippen molar-refractivity contribution in [1.29, 1.82) is 0 Å². The molecule has 1 amide bonds. The molecule has 4 aromatic rings. The number of aromatic nitrogens is 3. The number of hydrogen-bond donors (Lipinski definition) is 1. The van der Waals surface area contributed by atoms with Crippen LogP contribution in [0.3, 0.4) is 0 Å². The first-order valence-electron chi connectivity index (χ1n) is 9.33. The van der Waals surface area contributed by atoms with Crippen LogP contribution >= 0.6 is 11.6 Å². The zero-order valence-electron chi connectivity index (χ0n) is 16.2. The van der Waals surface area contributed by atoms with E-state index < -0.39 is 0 Å². The van der Waals surface area contributed by atoms with Gasteiger partial charge < -0.3 is 10.1 Å². The number of rotatable bonds is 6. The van der Waals surface area contributed by atoms with Gasteiger partial charge in [-0.15, -0.1) is 5.10 Å². The van der Waals surface area contributed by atoms with E-state index in [9.17, 15) is 4.79 Å². The van der Waals surface area contributed by atoms with Crippen molar-refractivity contribution in [3.63, 3.8) is 0 Å². The standard InChI is InChI=1S/C23H19ClN4O2/c1-30-20-13-7-17(8-14-20)22-26-21(23(29)25-15-16-5-3-2-4-6-16)27-28(22)19-11-9-18(24)10-12-19/h2-14H,15H2,1H3,(H,25,29). The van der Waals surface area contributed by atoms with Crippen molar-refractivity contribution >= 4 is 17.5 Å². The summed E-state index contributed by atoms with van der Waals surface area (Å²) >= 11 is 6.02. The molecule has 0 radical (unpaired) electrons. The third-order valence-electron chi connectivity index (χ3n) is 4.53. The predicted octanol–water partition coefficient (Wildman–Crippen LogP) is 4.53. The van der Waals surface area contributed by atoms with E-state index in [2.05, 4.69) is 15.4 Å². The van der Waals surface area contributed by atoms with Gasteiger partial charge in [0.25, 0.3) is 5.91 Å². The molecule has 0 spiro atoms. The maximum Gasteiger partial charge on any atom is 0.291 e. The summed E-state index contributed by atoms with van der Waals surface area (Å²) in [5.74, 6) is 1.02. The number of methoxy groups -OCH3 is 1. The van der Waals surface area contributed by atoms with Crippen molar-refractivity contribution in [3.05, 3.63) is 95.3 Å². The lowest BCUT2D eigenvalue weighted by Crippen LogP contribution is -2.24. The number of benzene rings is 3. The molecule has 30 heavy (non-hydrogen) atoms. The Balaban J connectivity index is 1.67. The average molecular weight is 419 g/mol. The number of carbonyl (C=O) groups excluding carboxylic acids is 1. The highest BCUT2D eigenvalue weighted by molar-refractivity contribution is 6.30. The second-order valence-electron chi connectivity index (χ2n) is 6.54. The summed E-state index contributed by atoms with van der Waals surface area (Å²) in [6.07, 6.45) is 0. The molecule has 3 aromatic carbocycles. The number of ether oxygens (including phenoxy) is 1. The first-order valence-corrected chi connectivity index (χ1v) is 9.71. The third kappa shape index (κ3) is 4.34. The Bertz CT molecular complexity index is 1140. The highest BCUT2D eigenvalue weighted by Crippen LogP contribution is 2.24. The monoisotopic (exact) mass is 418 g/mol. The van der Waals surface area contributed by atoms with Crippen molar-refractivity contribution in [3.8, 4) is 22.8 Å². The van der Waals surface area contributed by atoms with Crippen molar-refractivity contribution in [2.75, 3.05) is 7.11 Å². The maximum absolute atomic E-state index is 12.7. The summed E-state index contributed by atoms with van der Waals surface area (Å²) in [6.45, 7) is 0.396. The highest BCUT2D eigenvalue weighted by Gasteiger charge is 2.19. The van der Waals surface area contributed by atoms with Crippen LogP contribution in [0.5, 0.6) is 5.75 Å². The van der Waals surface area contributed by atoms with Crippen LogP contribution in [-0.2, 0) is 6.54 Å². The average Bonchev–Trinajstić information content (AvgIpc) is 3.24. The molecule has 6 nitrogen and oxygen atoms in total. The maximum atomic E-state index is 12.7. The van der Waals surface area contributed by atoms with Crippen LogP contribution in [0, 0.1) is 0 Å². The van der Waals surface area contributed by atoms with Gasteiger partial charge in [0, 0.05) is 17.1 Å². The second kappa shape index (κ2) is 8.80. The second-order valence-corrected chi connectivity index (χ2v) is 6.98. The van der Waals surface area contributed by atoms with Crippen molar-refractivity contribution in [2.45, 2.75) is 6.54 Å². The van der Waals surface area contributed by atoms with Gasteiger partial charge in [-0.05, 0) is 54.1 Å². The Morgan fingerprint density at radius 3 is 2.37 bits per heavy atom. The Hall–Kier alpha value is -3.64. The topological polar surface area (TPSA) is 69.0 Å². The number of nitrogens with one attached hydrogen (secondary N) is 1. The molecule has 0 aliphatic rings. The lowest BCUT2D eigenvalue weighted by molar-refractivity contribution is 0.0940. The van der Waals surface area contributed by atoms with Gasteiger partial charge in [-0.2, -0.15) is 0 Å². The molecule has 0 atom stereocenters. The van der Waals surface area contributed by atoms with Gasteiger partial charge >= 0.3 is 0 Å². The van der Waals surface area contributed by atoms with Crippen LogP contribution in [0.1, 0.15) is 16.2 Å². The van der Waals surface area contributed by atoms with E-state index in [0.717, 1.165) is 22.6 Å². The molecule has 0 bridgehead atoms. The van der Waals surface area contributed by atoms with Gasteiger partial charge in [-0.1, -0.05) is 41.9 Å². The third-order valence-corrected chi connectivity index (χ3v) is 4.78. The molecule has 7 heteroatoms. The van der Waals surface area contributed by atoms with E-state index >= 15 is 0 Å². The minimum atomic E-state index is -0.346. The number of amides is 1. The number of nitrogens with zero attached hydrogens (tertiary/aromatic N) is 3. The van der Waals surface area contributed by atoms with Crippen LogP contribution in [0.2, 0.25) is 5.02 Å². The molecule has 0 aliphatic heterocycles. The zero-order chi connectivity index (χ0) is 20.9. The number of carbonyl (C=O) groups is 1. The fourth-order valence-electron chi connectivity index (χ4n) is 2.95. The molecular formula is C23H19ClN4O2. The first-order chi connectivity index (χ1) is 14.6. The zero-order valence-corrected chi connectivity index (χ0v) is 17.0. The lowest BCUT2D eigenvalue weighted by atomic mass is 10.2. The molecule has 0 unspecified atom stereocenters. The molecule has 1 aromatic heterocycles. The first kappa shape index (κ1) is 19.7. The molecule has 0 saturated carbocycles. The van der Waals surface area contributed by atoms with Crippen LogP contribution in [0.15, 0.2) is 78.9 Å². The molecule has 150 valence electrons. The van der Waals surface area contributed by atoms with E-state index in [4.69, 9.17) is 16.3 Å². The Labute approximate surface area is 179 Å². The SMILES string of the molecule is COc1ccc(-c2nc(C(=O)NCc3ccccc3)nn2-c2ccc(Cl)cc2)cc1. The molecule has 0 aliphatic carbocycles. The summed E-state index contributed by atoms with van der Waals surface area (Å²) in [7, 11) is 1.61. The molecule has 0 fully saturated rings. The normalized spacial score (nSPS) is 10.6.